The summed E-state index contributed by atoms with van der Waals surface area (Å²) in [6.45, 7) is 2.08. The molecular weight excluding hydrogens is 662 g/mol. The summed E-state index contributed by atoms with van der Waals surface area (Å²) in [5.74, 6) is -5.46. The van der Waals surface area contributed by atoms with E-state index in [-0.39, 0.29) is 46.6 Å². The molecule has 15 heteroatoms. The number of rotatable bonds is 7. The summed E-state index contributed by atoms with van der Waals surface area (Å²) < 4.78 is 97.0. The van der Waals surface area contributed by atoms with Crippen molar-refractivity contribution in [2.24, 2.45) is 5.41 Å². The number of alkyl halides is 4. The van der Waals surface area contributed by atoms with Gasteiger partial charge in [0.05, 0.1) is 22.7 Å². The number of ether oxygens (including phenoxy) is 2. The number of aromatic nitrogens is 4. The van der Waals surface area contributed by atoms with Gasteiger partial charge in [0, 0.05) is 48.3 Å². The first-order valence-electron chi connectivity index (χ1n) is 15.2. The molecule has 250 valence electrons. The van der Waals surface area contributed by atoms with Crippen LogP contribution in [0.1, 0.15) is 60.3 Å². The molecule has 4 heterocycles. The smallest absolute Gasteiger partial charge is 0.444 e. The molecule has 4 aromatic rings. The van der Waals surface area contributed by atoms with Gasteiger partial charge in [-0.15, -0.1) is 0 Å². The molecular formula is C33H27ClF6N6O2. The summed E-state index contributed by atoms with van der Waals surface area (Å²) in [5, 5.41) is 15.5. The molecule has 0 radical (unpaired) electrons. The monoisotopic (exact) mass is 688 g/mol. The van der Waals surface area contributed by atoms with Gasteiger partial charge in [0.15, 0.2) is 17.4 Å². The third-order valence-corrected chi connectivity index (χ3v) is 9.43. The molecule has 0 spiro atoms. The topological polar surface area (TPSA) is 100.0 Å². The van der Waals surface area contributed by atoms with Gasteiger partial charge >= 0.3 is 6.18 Å². The third-order valence-electron chi connectivity index (χ3n) is 9.20. The highest BCUT2D eigenvalue weighted by atomic mass is 35.5. The van der Waals surface area contributed by atoms with E-state index in [1.807, 2.05) is 10.00 Å². The molecule has 3 aliphatic rings. The van der Waals surface area contributed by atoms with E-state index in [2.05, 4.69) is 21.1 Å². The first kappa shape index (κ1) is 32.2. The summed E-state index contributed by atoms with van der Waals surface area (Å²) in [5.41, 5.74) is 1.29. The number of hydrogen-bond donors (Lipinski definition) is 1. The van der Waals surface area contributed by atoms with Gasteiger partial charge in [0.25, 0.3) is 5.79 Å². The van der Waals surface area contributed by atoms with Crippen molar-refractivity contribution in [3.63, 3.8) is 0 Å². The van der Waals surface area contributed by atoms with Crippen molar-refractivity contribution in [1.82, 2.24) is 25.1 Å². The predicted octanol–water partition coefficient (Wildman–Crippen LogP) is 7.64. The van der Waals surface area contributed by atoms with Crippen LogP contribution in [0.5, 0.6) is 11.5 Å². The predicted molar refractivity (Wildman–Crippen MR) is 160 cm³/mol. The molecule has 1 unspecified atom stereocenters. The van der Waals surface area contributed by atoms with Gasteiger partial charge in [0.1, 0.15) is 12.0 Å². The van der Waals surface area contributed by atoms with Crippen LogP contribution < -0.4 is 9.47 Å². The van der Waals surface area contributed by atoms with Crippen LogP contribution >= 0.6 is 11.6 Å². The second-order valence-electron chi connectivity index (χ2n) is 12.6. The normalized spacial score (nSPS) is 23.2. The Morgan fingerprint density at radius 1 is 1.10 bits per heavy atom. The molecule has 0 bridgehead atoms. The fraction of sp³-hybridized carbons (Fsp3) is 0.394. The van der Waals surface area contributed by atoms with Crippen LogP contribution in [0, 0.1) is 28.4 Å². The number of H-pyrrole nitrogens is 1. The van der Waals surface area contributed by atoms with Crippen LogP contribution in [0.15, 0.2) is 42.6 Å². The zero-order valence-electron chi connectivity index (χ0n) is 25.3. The van der Waals surface area contributed by atoms with E-state index in [0.29, 0.717) is 49.0 Å². The van der Waals surface area contributed by atoms with Crippen LogP contribution in [-0.4, -0.2) is 44.3 Å². The summed E-state index contributed by atoms with van der Waals surface area (Å²) in [6, 6.07) is 10.5. The first-order valence-corrected chi connectivity index (χ1v) is 15.6. The zero-order chi connectivity index (χ0) is 34.0. The number of nitrogens with zero attached hydrogens (tertiary/aromatic N) is 5. The lowest BCUT2D eigenvalue weighted by molar-refractivity contribution is -0.144. The van der Waals surface area contributed by atoms with Crippen LogP contribution in [0.25, 0.3) is 11.4 Å². The summed E-state index contributed by atoms with van der Waals surface area (Å²) in [4.78, 5) is 9.94. The highest BCUT2D eigenvalue weighted by Crippen LogP contribution is 2.52. The van der Waals surface area contributed by atoms with Gasteiger partial charge in [-0.25, -0.2) is 18.2 Å². The van der Waals surface area contributed by atoms with E-state index in [1.165, 1.54) is 37.4 Å². The maximum Gasteiger partial charge on any atom is 0.451 e. The maximum atomic E-state index is 16.0. The Morgan fingerprint density at radius 3 is 2.54 bits per heavy atom. The van der Waals surface area contributed by atoms with Crippen molar-refractivity contribution < 1.29 is 35.8 Å². The number of piperidine rings is 1. The standard InChI is InChI=1S/C33H27ClF6N6O2/c1-31(22-4-2-19(34)11-24(22)36)47-27-21(3-5-23(35)28(27)48-31)20-6-9-46(14-25(20)37)15-26-17(12-32(16-41)7-8-32)10-18(13-42-26)29-43-30(45-44-29)33(38,39)40/h2-5,10-11,13,20,25H,6-9,12,14-15H2,1H3,(H,43,44,45)/t20?,25-,31-/m1/s1. The van der Waals surface area contributed by atoms with Gasteiger partial charge in [0.2, 0.25) is 11.6 Å². The minimum absolute atomic E-state index is 0.00243. The molecule has 7 rings (SSSR count). The average Bonchev–Trinajstić information content (AvgIpc) is 3.43. The second-order valence-corrected chi connectivity index (χ2v) is 13.1. The van der Waals surface area contributed by atoms with Crippen LogP contribution in [-0.2, 0) is 24.9 Å². The Hall–Kier alpha value is -4.35. The molecule has 48 heavy (non-hydrogen) atoms. The largest absolute Gasteiger partial charge is 0.451 e. The summed E-state index contributed by atoms with van der Waals surface area (Å²) in [6.07, 6.45) is -2.73. The molecule has 1 saturated carbocycles. The molecule has 0 amide bonds. The van der Waals surface area contributed by atoms with Crippen LogP contribution in [0.4, 0.5) is 26.3 Å². The van der Waals surface area contributed by atoms with Crippen molar-refractivity contribution in [2.75, 3.05) is 13.1 Å². The van der Waals surface area contributed by atoms with E-state index in [4.69, 9.17) is 21.1 Å². The van der Waals surface area contributed by atoms with E-state index in [0.717, 1.165) is 6.07 Å². The van der Waals surface area contributed by atoms with Crippen LogP contribution in [0.3, 0.4) is 0 Å². The Balaban J connectivity index is 1.11. The van der Waals surface area contributed by atoms with E-state index < -0.39 is 46.9 Å². The fourth-order valence-corrected chi connectivity index (χ4v) is 6.57. The lowest BCUT2D eigenvalue weighted by Gasteiger charge is -2.35. The Morgan fingerprint density at radius 2 is 1.88 bits per heavy atom. The number of hydrogen-bond acceptors (Lipinski definition) is 7. The molecule has 1 aliphatic carbocycles. The van der Waals surface area contributed by atoms with Crippen molar-refractivity contribution in [2.45, 2.75) is 63.2 Å². The Bertz CT molecular complexity index is 1940. The lowest BCUT2D eigenvalue weighted by Crippen LogP contribution is -2.40. The third kappa shape index (κ3) is 5.94. The minimum Gasteiger partial charge on any atom is -0.444 e. The number of likely N-dealkylation sites (tertiary alicyclic amines) is 1. The Kier molecular flexibility index (Phi) is 7.83. The number of pyridine rings is 1. The SMILES string of the molecule is C[C@]1(c2ccc(Cl)cc2F)Oc2c(F)ccc(C3CCN(Cc4ncc(-c5n[nH]c(C(F)(F)F)n5)cc4CC4(C#N)CC4)C[C@H]3F)c2O1. The quantitative estimate of drug-likeness (QED) is 0.199. The molecule has 1 N–H and O–H groups in total. The van der Waals surface area contributed by atoms with E-state index in [9.17, 15) is 27.2 Å². The molecule has 1 saturated heterocycles. The van der Waals surface area contributed by atoms with Crippen LogP contribution in [0.2, 0.25) is 5.02 Å². The van der Waals surface area contributed by atoms with Gasteiger partial charge < -0.3 is 9.47 Å². The number of nitrogens with one attached hydrogen (secondary N) is 1. The Labute approximate surface area is 275 Å². The lowest BCUT2D eigenvalue weighted by atomic mass is 9.86. The van der Waals surface area contributed by atoms with Gasteiger partial charge in [-0.2, -0.15) is 23.5 Å². The number of nitriles is 1. The van der Waals surface area contributed by atoms with Crippen molar-refractivity contribution >= 4 is 11.6 Å². The van der Waals surface area contributed by atoms with Gasteiger partial charge in [-0.3, -0.25) is 15.0 Å². The van der Waals surface area contributed by atoms with Crippen molar-refractivity contribution in [3.8, 4) is 29.0 Å². The van der Waals surface area contributed by atoms with Gasteiger partial charge in [-0.05, 0) is 68.1 Å². The first-order chi connectivity index (χ1) is 22.8. The average molecular weight is 689 g/mol. The molecule has 8 nitrogen and oxygen atoms in total. The molecule has 3 atom stereocenters. The maximum absolute atomic E-state index is 16.0. The number of aromatic amines is 1. The number of benzene rings is 2. The fourth-order valence-electron chi connectivity index (χ4n) is 6.42. The van der Waals surface area contributed by atoms with Crippen molar-refractivity contribution in [3.05, 3.63) is 87.5 Å². The molecule has 2 aromatic carbocycles. The minimum atomic E-state index is -4.70. The number of halogens is 7. The van der Waals surface area contributed by atoms with E-state index in [1.54, 1.807) is 6.07 Å². The summed E-state index contributed by atoms with van der Waals surface area (Å²) in [7, 11) is 0. The second kappa shape index (κ2) is 11.7. The van der Waals surface area contributed by atoms with E-state index >= 15 is 4.39 Å². The molecule has 2 fully saturated rings. The van der Waals surface area contributed by atoms with Gasteiger partial charge in [-0.1, -0.05) is 17.7 Å². The highest BCUT2D eigenvalue weighted by molar-refractivity contribution is 6.30. The molecule has 2 aliphatic heterocycles. The van der Waals surface area contributed by atoms with Crippen molar-refractivity contribution in [1.29, 1.82) is 5.26 Å². The highest BCUT2D eigenvalue weighted by Gasteiger charge is 2.46. The number of fused-ring (bicyclic) bond motifs is 1. The molecule has 2 aromatic heterocycles. The summed E-state index contributed by atoms with van der Waals surface area (Å²) >= 11 is 5.90. The zero-order valence-corrected chi connectivity index (χ0v) is 26.1.